The van der Waals surface area contributed by atoms with Crippen LogP contribution in [0.4, 0.5) is 5.69 Å². The summed E-state index contributed by atoms with van der Waals surface area (Å²) < 4.78 is 0. The summed E-state index contributed by atoms with van der Waals surface area (Å²) in [7, 11) is 0. The van der Waals surface area contributed by atoms with Gasteiger partial charge in [-0.3, -0.25) is 4.79 Å². The van der Waals surface area contributed by atoms with Gasteiger partial charge in [0.1, 0.15) is 0 Å². The van der Waals surface area contributed by atoms with Crippen LogP contribution in [0.1, 0.15) is 54.9 Å². The SMILES string of the molecule is Cc1ccc(N)cc1C(=O)NC1(C)CCCCC1. The van der Waals surface area contributed by atoms with Crippen molar-refractivity contribution in [2.75, 3.05) is 5.73 Å². The summed E-state index contributed by atoms with van der Waals surface area (Å²) in [6.45, 7) is 4.09. The largest absolute Gasteiger partial charge is 0.399 e. The van der Waals surface area contributed by atoms with Crippen molar-refractivity contribution in [1.82, 2.24) is 5.32 Å². The number of hydrogen-bond acceptors (Lipinski definition) is 2. The van der Waals surface area contributed by atoms with Crippen LogP contribution in [0.15, 0.2) is 18.2 Å². The maximum atomic E-state index is 12.3. The lowest BCUT2D eigenvalue weighted by Gasteiger charge is -2.34. The zero-order valence-electron chi connectivity index (χ0n) is 11.3. The molecule has 1 amide bonds. The average molecular weight is 246 g/mol. The summed E-state index contributed by atoms with van der Waals surface area (Å²) in [5.74, 6) is 0.00389. The van der Waals surface area contributed by atoms with Crippen molar-refractivity contribution >= 4 is 11.6 Å². The number of nitrogen functional groups attached to an aromatic ring is 1. The van der Waals surface area contributed by atoms with E-state index in [9.17, 15) is 4.79 Å². The molecular formula is C15H22N2O. The van der Waals surface area contributed by atoms with Gasteiger partial charge in [0.2, 0.25) is 0 Å². The molecule has 0 spiro atoms. The fourth-order valence-corrected chi connectivity index (χ4v) is 2.68. The Kier molecular flexibility index (Phi) is 3.60. The van der Waals surface area contributed by atoms with E-state index in [-0.39, 0.29) is 11.4 Å². The molecule has 1 aromatic carbocycles. The Balaban J connectivity index is 2.14. The first-order chi connectivity index (χ1) is 8.50. The molecule has 2 rings (SSSR count). The maximum absolute atomic E-state index is 12.3. The van der Waals surface area contributed by atoms with Gasteiger partial charge >= 0.3 is 0 Å². The summed E-state index contributed by atoms with van der Waals surface area (Å²) in [4.78, 5) is 12.3. The van der Waals surface area contributed by atoms with Crippen LogP contribution in [0, 0.1) is 6.92 Å². The third kappa shape index (κ3) is 2.84. The van der Waals surface area contributed by atoms with Crippen molar-refractivity contribution in [3.8, 4) is 0 Å². The molecule has 0 bridgehead atoms. The van der Waals surface area contributed by atoms with Gasteiger partial charge in [-0.15, -0.1) is 0 Å². The molecule has 1 aromatic rings. The summed E-state index contributed by atoms with van der Waals surface area (Å²) in [6.07, 6.45) is 5.82. The quantitative estimate of drug-likeness (QED) is 0.788. The number of amides is 1. The number of benzene rings is 1. The van der Waals surface area contributed by atoms with Crippen molar-refractivity contribution in [2.24, 2.45) is 0 Å². The molecule has 0 saturated heterocycles. The van der Waals surface area contributed by atoms with Crippen molar-refractivity contribution < 1.29 is 4.79 Å². The van der Waals surface area contributed by atoms with E-state index in [1.165, 1.54) is 19.3 Å². The van der Waals surface area contributed by atoms with Crippen LogP contribution in [0.25, 0.3) is 0 Å². The Morgan fingerprint density at radius 1 is 1.28 bits per heavy atom. The zero-order valence-corrected chi connectivity index (χ0v) is 11.3. The van der Waals surface area contributed by atoms with E-state index in [0.717, 1.165) is 18.4 Å². The zero-order chi connectivity index (χ0) is 13.2. The number of anilines is 1. The maximum Gasteiger partial charge on any atom is 0.252 e. The highest BCUT2D eigenvalue weighted by Crippen LogP contribution is 2.28. The molecule has 0 heterocycles. The first-order valence-electron chi connectivity index (χ1n) is 6.69. The molecule has 0 radical (unpaired) electrons. The number of rotatable bonds is 2. The molecule has 1 aliphatic carbocycles. The fraction of sp³-hybridized carbons (Fsp3) is 0.533. The number of carbonyl (C=O) groups excluding carboxylic acids is 1. The standard InChI is InChI=1S/C15H22N2O/c1-11-6-7-12(16)10-13(11)14(18)17-15(2)8-4-3-5-9-15/h6-7,10H,3-5,8-9,16H2,1-2H3,(H,17,18). The number of nitrogens with one attached hydrogen (secondary N) is 1. The smallest absolute Gasteiger partial charge is 0.252 e. The molecule has 18 heavy (non-hydrogen) atoms. The second-order valence-corrected chi connectivity index (χ2v) is 5.65. The van der Waals surface area contributed by atoms with Crippen LogP contribution in [-0.2, 0) is 0 Å². The molecule has 3 heteroatoms. The first-order valence-corrected chi connectivity index (χ1v) is 6.69. The van der Waals surface area contributed by atoms with Gasteiger partial charge in [-0.1, -0.05) is 25.3 Å². The van der Waals surface area contributed by atoms with E-state index in [0.29, 0.717) is 11.3 Å². The predicted molar refractivity (Wildman–Crippen MR) is 74.5 cm³/mol. The lowest BCUT2D eigenvalue weighted by atomic mass is 9.83. The molecule has 0 unspecified atom stereocenters. The lowest BCUT2D eigenvalue weighted by molar-refractivity contribution is 0.0882. The van der Waals surface area contributed by atoms with Crippen molar-refractivity contribution in [1.29, 1.82) is 0 Å². The Bertz CT molecular complexity index is 448. The molecule has 98 valence electrons. The van der Waals surface area contributed by atoms with Crippen LogP contribution in [0.2, 0.25) is 0 Å². The number of hydrogen-bond donors (Lipinski definition) is 2. The summed E-state index contributed by atoms with van der Waals surface area (Å²) in [5, 5.41) is 3.19. The molecule has 1 saturated carbocycles. The van der Waals surface area contributed by atoms with Crippen molar-refractivity contribution in [3.63, 3.8) is 0 Å². The normalized spacial score (nSPS) is 18.3. The third-order valence-electron chi connectivity index (χ3n) is 3.88. The Morgan fingerprint density at radius 3 is 2.61 bits per heavy atom. The molecule has 0 aliphatic heterocycles. The van der Waals surface area contributed by atoms with E-state index in [1.54, 1.807) is 6.07 Å². The minimum absolute atomic E-state index is 0.00389. The van der Waals surface area contributed by atoms with Crippen molar-refractivity contribution in [2.45, 2.75) is 51.5 Å². The van der Waals surface area contributed by atoms with Crippen LogP contribution in [0.5, 0.6) is 0 Å². The van der Waals surface area contributed by atoms with E-state index >= 15 is 0 Å². The van der Waals surface area contributed by atoms with Crippen LogP contribution in [0.3, 0.4) is 0 Å². The summed E-state index contributed by atoms with van der Waals surface area (Å²) in [6, 6.07) is 5.48. The van der Waals surface area contributed by atoms with Crippen LogP contribution < -0.4 is 11.1 Å². The van der Waals surface area contributed by atoms with E-state index < -0.39 is 0 Å². The van der Waals surface area contributed by atoms with Gasteiger partial charge in [0.05, 0.1) is 0 Å². The second-order valence-electron chi connectivity index (χ2n) is 5.65. The molecule has 1 fully saturated rings. The van der Waals surface area contributed by atoms with Gasteiger partial charge in [0, 0.05) is 16.8 Å². The highest BCUT2D eigenvalue weighted by Gasteiger charge is 2.28. The molecule has 1 aliphatic rings. The molecular weight excluding hydrogens is 224 g/mol. The lowest BCUT2D eigenvalue weighted by Crippen LogP contribution is -2.47. The number of carbonyl (C=O) groups is 1. The first kappa shape index (κ1) is 12.9. The number of aryl methyl sites for hydroxylation is 1. The molecule has 3 N–H and O–H groups in total. The second kappa shape index (κ2) is 5.01. The van der Waals surface area contributed by atoms with E-state index in [1.807, 2.05) is 19.1 Å². The van der Waals surface area contributed by atoms with Crippen LogP contribution in [-0.4, -0.2) is 11.4 Å². The summed E-state index contributed by atoms with van der Waals surface area (Å²) >= 11 is 0. The molecule has 0 aromatic heterocycles. The van der Waals surface area contributed by atoms with Crippen LogP contribution >= 0.6 is 0 Å². The Labute approximate surface area is 109 Å². The summed E-state index contributed by atoms with van der Waals surface area (Å²) in [5.41, 5.74) is 8.01. The monoisotopic (exact) mass is 246 g/mol. The van der Waals surface area contributed by atoms with Crippen molar-refractivity contribution in [3.05, 3.63) is 29.3 Å². The van der Waals surface area contributed by atoms with Gasteiger partial charge in [-0.05, 0) is 44.4 Å². The van der Waals surface area contributed by atoms with E-state index in [4.69, 9.17) is 5.73 Å². The highest BCUT2D eigenvalue weighted by atomic mass is 16.1. The van der Waals surface area contributed by atoms with Gasteiger partial charge in [-0.25, -0.2) is 0 Å². The van der Waals surface area contributed by atoms with Gasteiger partial charge in [-0.2, -0.15) is 0 Å². The molecule has 3 nitrogen and oxygen atoms in total. The minimum atomic E-state index is -0.0492. The van der Waals surface area contributed by atoms with Gasteiger partial charge in [0.25, 0.3) is 5.91 Å². The Hall–Kier alpha value is -1.51. The number of nitrogens with two attached hydrogens (primary N) is 1. The highest BCUT2D eigenvalue weighted by molar-refractivity contribution is 5.96. The average Bonchev–Trinajstić information content (AvgIpc) is 2.32. The molecule has 0 atom stereocenters. The van der Waals surface area contributed by atoms with Gasteiger partial charge < -0.3 is 11.1 Å². The predicted octanol–water partition coefficient (Wildman–Crippen LogP) is 3.03. The topological polar surface area (TPSA) is 55.1 Å². The third-order valence-corrected chi connectivity index (χ3v) is 3.88. The van der Waals surface area contributed by atoms with Gasteiger partial charge in [0.15, 0.2) is 0 Å². The minimum Gasteiger partial charge on any atom is -0.399 e. The fourth-order valence-electron chi connectivity index (χ4n) is 2.68. The Morgan fingerprint density at radius 2 is 1.94 bits per heavy atom. The van der Waals surface area contributed by atoms with E-state index in [2.05, 4.69) is 12.2 Å².